The molecule has 0 saturated heterocycles. The summed E-state index contributed by atoms with van der Waals surface area (Å²) in [4.78, 5) is 16.7. The van der Waals surface area contributed by atoms with Gasteiger partial charge in [0.15, 0.2) is 0 Å². The van der Waals surface area contributed by atoms with Crippen LogP contribution in [0.15, 0.2) is 24.5 Å². The fourth-order valence-electron chi connectivity index (χ4n) is 6.40. The van der Waals surface area contributed by atoms with E-state index in [2.05, 4.69) is 24.1 Å². The van der Waals surface area contributed by atoms with Gasteiger partial charge in [-0.25, -0.2) is 0 Å². The largest absolute Gasteiger partial charge is 0.347 e. The Morgan fingerprint density at radius 2 is 1.90 bits per heavy atom. The Morgan fingerprint density at radius 1 is 1.19 bits per heavy atom. The molecular weight excluding hydrogens is 260 g/mol. The van der Waals surface area contributed by atoms with Crippen molar-refractivity contribution in [2.24, 2.45) is 16.7 Å². The van der Waals surface area contributed by atoms with Gasteiger partial charge in [-0.2, -0.15) is 0 Å². The highest BCUT2D eigenvalue weighted by molar-refractivity contribution is 5.94. The molecule has 0 aromatic carbocycles. The molecule has 112 valence electrons. The predicted octanol–water partition coefficient (Wildman–Crippen LogP) is 3.56. The Morgan fingerprint density at radius 3 is 2.48 bits per heavy atom. The zero-order valence-corrected chi connectivity index (χ0v) is 13.0. The average Bonchev–Trinajstić information content (AvgIpc) is 2.34. The van der Waals surface area contributed by atoms with Crippen LogP contribution in [0.4, 0.5) is 0 Å². The lowest BCUT2D eigenvalue weighted by Crippen LogP contribution is -2.65. The number of amides is 1. The molecule has 21 heavy (non-hydrogen) atoms. The minimum Gasteiger partial charge on any atom is -0.347 e. The molecule has 3 nitrogen and oxygen atoms in total. The lowest BCUT2D eigenvalue weighted by atomic mass is 9.43. The number of carbonyl (C=O) groups is 1. The summed E-state index contributed by atoms with van der Waals surface area (Å²) in [5.74, 6) is 0.850. The molecule has 3 heteroatoms. The summed E-state index contributed by atoms with van der Waals surface area (Å²) in [6.07, 6.45) is 10.9. The molecule has 4 bridgehead atoms. The maximum absolute atomic E-state index is 12.6. The minimum atomic E-state index is 0.0237. The van der Waals surface area contributed by atoms with E-state index in [0.717, 1.165) is 18.8 Å². The first-order valence-electron chi connectivity index (χ1n) is 8.12. The van der Waals surface area contributed by atoms with Gasteiger partial charge in [0.05, 0.1) is 5.56 Å². The highest BCUT2D eigenvalue weighted by Gasteiger charge is 2.60. The van der Waals surface area contributed by atoms with Crippen molar-refractivity contribution in [2.45, 2.75) is 57.9 Å². The van der Waals surface area contributed by atoms with Crippen LogP contribution in [0.1, 0.15) is 62.7 Å². The molecule has 1 aromatic rings. The Balaban J connectivity index is 1.61. The van der Waals surface area contributed by atoms with Crippen molar-refractivity contribution in [1.82, 2.24) is 10.3 Å². The van der Waals surface area contributed by atoms with Gasteiger partial charge in [-0.1, -0.05) is 13.8 Å². The first kappa shape index (κ1) is 13.3. The van der Waals surface area contributed by atoms with Crippen LogP contribution in [0.5, 0.6) is 0 Å². The third-order valence-corrected chi connectivity index (χ3v) is 5.93. The van der Waals surface area contributed by atoms with Crippen molar-refractivity contribution in [1.29, 1.82) is 0 Å². The molecule has 1 N–H and O–H groups in total. The maximum atomic E-state index is 12.6. The van der Waals surface area contributed by atoms with Gasteiger partial charge in [0.1, 0.15) is 0 Å². The highest BCUT2D eigenvalue weighted by Crippen LogP contribution is 2.66. The molecule has 4 atom stereocenters. The van der Waals surface area contributed by atoms with E-state index in [1.165, 1.54) is 25.7 Å². The van der Waals surface area contributed by atoms with Gasteiger partial charge in [-0.3, -0.25) is 9.78 Å². The van der Waals surface area contributed by atoms with Crippen LogP contribution in [0.3, 0.4) is 0 Å². The van der Waals surface area contributed by atoms with E-state index < -0.39 is 0 Å². The lowest BCUT2D eigenvalue weighted by Gasteiger charge is -2.65. The summed E-state index contributed by atoms with van der Waals surface area (Å²) in [6.45, 7) is 4.86. The van der Waals surface area contributed by atoms with Gasteiger partial charge in [-0.05, 0) is 67.4 Å². The van der Waals surface area contributed by atoms with Crippen LogP contribution in [-0.2, 0) is 0 Å². The molecule has 1 heterocycles. The van der Waals surface area contributed by atoms with E-state index in [1.54, 1.807) is 12.4 Å². The monoisotopic (exact) mass is 284 g/mol. The number of nitrogens with one attached hydrogen (secondary N) is 1. The average molecular weight is 284 g/mol. The number of pyridine rings is 1. The normalized spacial score (nSPS) is 43.8. The van der Waals surface area contributed by atoms with E-state index in [0.29, 0.717) is 16.4 Å². The smallest absolute Gasteiger partial charge is 0.253 e. The van der Waals surface area contributed by atoms with Crippen LogP contribution in [0.25, 0.3) is 0 Å². The summed E-state index contributed by atoms with van der Waals surface area (Å²) >= 11 is 0. The SMILES string of the molecule is C[C@]12CC3CC(NC(=O)c4cccnc4)(C1)C[C@@](C)(C3)C2. The topological polar surface area (TPSA) is 42.0 Å². The molecule has 4 saturated carbocycles. The van der Waals surface area contributed by atoms with E-state index in [4.69, 9.17) is 0 Å². The summed E-state index contributed by atoms with van der Waals surface area (Å²) in [7, 11) is 0. The molecule has 4 aliphatic rings. The number of hydrogen-bond acceptors (Lipinski definition) is 2. The first-order valence-corrected chi connectivity index (χ1v) is 8.12. The van der Waals surface area contributed by atoms with Gasteiger partial charge in [0, 0.05) is 17.9 Å². The van der Waals surface area contributed by atoms with Crippen LogP contribution < -0.4 is 5.32 Å². The van der Waals surface area contributed by atoms with Gasteiger partial charge in [0.25, 0.3) is 5.91 Å². The van der Waals surface area contributed by atoms with Crippen LogP contribution in [0, 0.1) is 16.7 Å². The molecule has 4 aliphatic carbocycles. The molecule has 2 unspecified atom stereocenters. The molecule has 1 amide bonds. The van der Waals surface area contributed by atoms with Crippen molar-refractivity contribution in [3.8, 4) is 0 Å². The molecular formula is C18H24N2O. The Bertz CT molecular complexity index is 564. The molecule has 4 fully saturated rings. The fourth-order valence-corrected chi connectivity index (χ4v) is 6.40. The number of carbonyl (C=O) groups excluding carboxylic acids is 1. The predicted molar refractivity (Wildman–Crippen MR) is 81.8 cm³/mol. The van der Waals surface area contributed by atoms with E-state index >= 15 is 0 Å². The Hall–Kier alpha value is -1.38. The second-order valence-electron chi connectivity index (χ2n) is 8.61. The van der Waals surface area contributed by atoms with Crippen LogP contribution in [0.2, 0.25) is 0 Å². The van der Waals surface area contributed by atoms with Crippen molar-refractivity contribution < 1.29 is 4.79 Å². The zero-order chi connectivity index (χ0) is 14.7. The maximum Gasteiger partial charge on any atom is 0.253 e. The van der Waals surface area contributed by atoms with Gasteiger partial charge in [-0.15, -0.1) is 0 Å². The van der Waals surface area contributed by atoms with E-state index in [-0.39, 0.29) is 11.4 Å². The number of rotatable bonds is 2. The summed E-state index contributed by atoms with van der Waals surface area (Å²) in [6, 6.07) is 3.68. The molecule has 0 aliphatic heterocycles. The summed E-state index contributed by atoms with van der Waals surface area (Å²) in [5.41, 5.74) is 1.56. The second kappa shape index (κ2) is 4.08. The van der Waals surface area contributed by atoms with Crippen LogP contribution >= 0.6 is 0 Å². The molecule has 1 aromatic heterocycles. The third kappa shape index (κ3) is 2.18. The van der Waals surface area contributed by atoms with Crippen molar-refractivity contribution in [3.63, 3.8) is 0 Å². The summed E-state index contributed by atoms with van der Waals surface area (Å²) in [5, 5.41) is 3.41. The first-order chi connectivity index (χ1) is 9.90. The number of hydrogen-bond donors (Lipinski definition) is 1. The molecule has 0 spiro atoms. The van der Waals surface area contributed by atoms with Gasteiger partial charge in [0.2, 0.25) is 0 Å². The second-order valence-corrected chi connectivity index (χ2v) is 8.61. The van der Waals surface area contributed by atoms with Crippen molar-refractivity contribution in [3.05, 3.63) is 30.1 Å². The van der Waals surface area contributed by atoms with E-state index in [9.17, 15) is 4.79 Å². The number of aromatic nitrogens is 1. The zero-order valence-electron chi connectivity index (χ0n) is 13.0. The fraction of sp³-hybridized carbons (Fsp3) is 0.667. The van der Waals surface area contributed by atoms with E-state index in [1.807, 2.05) is 12.1 Å². The Kier molecular flexibility index (Phi) is 2.59. The lowest BCUT2D eigenvalue weighted by molar-refractivity contribution is -0.114. The number of nitrogens with zero attached hydrogens (tertiary/aromatic N) is 1. The van der Waals surface area contributed by atoms with Gasteiger partial charge < -0.3 is 5.32 Å². The minimum absolute atomic E-state index is 0.0237. The van der Waals surface area contributed by atoms with Gasteiger partial charge >= 0.3 is 0 Å². The van der Waals surface area contributed by atoms with Crippen LogP contribution in [-0.4, -0.2) is 16.4 Å². The molecule has 5 rings (SSSR count). The standard InChI is InChI=1S/C18H24N2O/c1-16-6-13-7-17(2,10-16)12-18(8-13,11-16)20-15(21)14-4-3-5-19-9-14/h3-5,9,13H,6-8,10-12H2,1-2H3,(H,20,21)/t13?,16-,17+,18?. The van der Waals surface area contributed by atoms with Crippen molar-refractivity contribution >= 4 is 5.91 Å². The summed E-state index contributed by atoms with van der Waals surface area (Å²) < 4.78 is 0. The van der Waals surface area contributed by atoms with Crippen molar-refractivity contribution in [2.75, 3.05) is 0 Å². The quantitative estimate of drug-likeness (QED) is 0.902. The highest BCUT2D eigenvalue weighted by atomic mass is 16.1. The Labute approximate surface area is 126 Å². The molecule has 0 radical (unpaired) electrons. The third-order valence-electron chi connectivity index (χ3n) is 5.93.